The molecule has 0 spiro atoms. The number of hydrogen-bond acceptors (Lipinski definition) is 5. The zero-order chi connectivity index (χ0) is 15.0. The summed E-state index contributed by atoms with van der Waals surface area (Å²) < 4.78 is 11.2. The Bertz CT molecular complexity index is 605. The van der Waals surface area contributed by atoms with Crippen LogP contribution in [0.2, 0.25) is 0 Å². The topological polar surface area (TPSA) is 74.2 Å². The van der Waals surface area contributed by atoms with Gasteiger partial charge in [0, 0.05) is 18.9 Å². The molecule has 5 nitrogen and oxygen atoms in total. The first-order valence-electron chi connectivity index (χ1n) is 7.26. The molecule has 1 aliphatic heterocycles. The highest BCUT2D eigenvalue weighted by Crippen LogP contribution is 2.35. The molecule has 0 amide bonds. The third-order valence-electron chi connectivity index (χ3n) is 3.93. The zero-order valence-electron chi connectivity index (χ0n) is 12.7. The van der Waals surface area contributed by atoms with Gasteiger partial charge in [0.25, 0.3) is 0 Å². The Kier molecular flexibility index (Phi) is 3.45. The van der Waals surface area contributed by atoms with Crippen molar-refractivity contribution in [2.24, 2.45) is 11.1 Å². The van der Waals surface area contributed by atoms with E-state index in [-0.39, 0.29) is 17.6 Å². The van der Waals surface area contributed by atoms with E-state index in [9.17, 15) is 0 Å². The minimum Gasteiger partial charge on any atom is -0.482 e. The number of aromatic nitrogens is 2. The van der Waals surface area contributed by atoms with Crippen molar-refractivity contribution < 1.29 is 9.26 Å². The average Bonchev–Trinajstić information content (AvgIpc) is 3.02. The highest BCUT2D eigenvalue weighted by atomic mass is 16.5. The number of para-hydroxylation sites is 1. The van der Waals surface area contributed by atoms with E-state index >= 15 is 0 Å². The van der Waals surface area contributed by atoms with Gasteiger partial charge in [0.2, 0.25) is 11.7 Å². The average molecular weight is 287 g/mol. The molecular formula is C16H21N3O2. The summed E-state index contributed by atoms with van der Waals surface area (Å²) >= 11 is 0. The molecular weight excluding hydrogens is 266 g/mol. The molecule has 0 saturated carbocycles. The molecule has 2 atom stereocenters. The molecule has 1 aromatic carbocycles. The van der Waals surface area contributed by atoms with Crippen LogP contribution in [0.25, 0.3) is 0 Å². The maximum absolute atomic E-state index is 6.16. The van der Waals surface area contributed by atoms with E-state index in [0.29, 0.717) is 18.1 Å². The first kappa shape index (κ1) is 14.1. The lowest BCUT2D eigenvalue weighted by molar-refractivity contribution is 0.220. The van der Waals surface area contributed by atoms with E-state index in [0.717, 1.165) is 12.2 Å². The van der Waals surface area contributed by atoms with Crippen molar-refractivity contribution in [3.63, 3.8) is 0 Å². The normalized spacial score (nSPS) is 19.1. The third-order valence-corrected chi connectivity index (χ3v) is 3.93. The minimum absolute atomic E-state index is 0.00866. The molecule has 2 unspecified atom stereocenters. The molecule has 3 rings (SSSR count). The molecule has 112 valence electrons. The summed E-state index contributed by atoms with van der Waals surface area (Å²) in [4.78, 5) is 4.45. The first-order chi connectivity index (χ1) is 9.93. The fourth-order valence-electron chi connectivity index (χ4n) is 2.30. The van der Waals surface area contributed by atoms with Gasteiger partial charge >= 0.3 is 0 Å². The molecule has 0 bridgehead atoms. The monoisotopic (exact) mass is 287 g/mol. The summed E-state index contributed by atoms with van der Waals surface area (Å²) in [6.07, 6.45) is 1.20. The van der Waals surface area contributed by atoms with Gasteiger partial charge in [0.15, 0.2) is 6.10 Å². The predicted octanol–water partition coefficient (Wildman–Crippen LogP) is 2.66. The van der Waals surface area contributed by atoms with Crippen molar-refractivity contribution >= 4 is 0 Å². The predicted molar refractivity (Wildman–Crippen MR) is 78.9 cm³/mol. The second-order valence-corrected chi connectivity index (χ2v) is 6.64. The van der Waals surface area contributed by atoms with Crippen LogP contribution in [0.1, 0.15) is 44.2 Å². The lowest BCUT2D eigenvalue weighted by Gasteiger charge is -2.25. The maximum Gasteiger partial charge on any atom is 0.228 e. The van der Waals surface area contributed by atoms with Crippen LogP contribution in [0.5, 0.6) is 5.75 Å². The van der Waals surface area contributed by atoms with E-state index in [2.05, 4.69) is 37.0 Å². The number of nitrogens with zero attached hydrogens (tertiary/aromatic N) is 2. The standard InChI is InChI=1S/C16H21N3O2/c1-16(2,3)13(17)9-14-18-15(19-21-14)12-8-10-6-4-5-7-11(10)20-12/h4-7,12-13H,8-9,17H2,1-3H3. The van der Waals surface area contributed by atoms with Gasteiger partial charge in [0.1, 0.15) is 5.75 Å². The summed E-state index contributed by atoms with van der Waals surface area (Å²) in [5, 5.41) is 4.05. The quantitative estimate of drug-likeness (QED) is 0.939. The Labute approximate surface area is 124 Å². The van der Waals surface area contributed by atoms with Crippen molar-refractivity contribution in [1.29, 1.82) is 0 Å². The molecule has 2 N–H and O–H groups in total. The largest absolute Gasteiger partial charge is 0.482 e. The van der Waals surface area contributed by atoms with Crippen LogP contribution in [-0.2, 0) is 12.8 Å². The zero-order valence-corrected chi connectivity index (χ0v) is 12.7. The van der Waals surface area contributed by atoms with Crippen LogP contribution >= 0.6 is 0 Å². The van der Waals surface area contributed by atoms with Gasteiger partial charge < -0.3 is 15.0 Å². The SMILES string of the molecule is CC(C)(C)C(N)Cc1nc(C2Cc3ccccc3O2)no1. The maximum atomic E-state index is 6.16. The summed E-state index contributed by atoms with van der Waals surface area (Å²) in [6, 6.07) is 7.98. The summed E-state index contributed by atoms with van der Waals surface area (Å²) in [5.41, 5.74) is 7.34. The van der Waals surface area contributed by atoms with Gasteiger partial charge in [-0.05, 0) is 17.0 Å². The molecule has 2 aromatic rings. The second-order valence-electron chi connectivity index (χ2n) is 6.64. The van der Waals surface area contributed by atoms with Gasteiger partial charge in [0.05, 0.1) is 0 Å². The van der Waals surface area contributed by atoms with Crippen LogP contribution in [-0.4, -0.2) is 16.2 Å². The van der Waals surface area contributed by atoms with Gasteiger partial charge in [-0.1, -0.05) is 44.1 Å². The van der Waals surface area contributed by atoms with Crippen molar-refractivity contribution in [2.45, 2.75) is 45.8 Å². The Morgan fingerprint density at radius 1 is 1.33 bits per heavy atom. The summed E-state index contributed by atoms with van der Waals surface area (Å²) in [5.74, 6) is 2.08. The molecule has 1 aromatic heterocycles. The van der Waals surface area contributed by atoms with Crippen LogP contribution in [0.3, 0.4) is 0 Å². The van der Waals surface area contributed by atoms with Crippen molar-refractivity contribution in [1.82, 2.24) is 10.1 Å². The number of ether oxygens (including phenoxy) is 1. The fourth-order valence-corrected chi connectivity index (χ4v) is 2.30. The van der Waals surface area contributed by atoms with Crippen molar-refractivity contribution in [3.8, 4) is 5.75 Å². The van der Waals surface area contributed by atoms with Crippen LogP contribution < -0.4 is 10.5 Å². The van der Waals surface area contributed by atoms with Gasteiger partial charge in [-0.15, -0.1) is 0 Å². The Morgan fingerprint density at radius 2 is 2.10 bits per heavy atom. The molecule has 0 aliphatic carbocycles. The van der Waals surface area contributed by atoms with Crippen molar-refractivity contribution in [3.05, 3.63) is 41.5 Å². The summed E-state index contributed by atoms with van der Waals surface area (Å²) in [6.45, 7) is 6.31. The van der Waals surface area contributed by atoms with E-state index in [1.807, 2.05) is 18.2 Å². The molecule has 0 radical (unpaired) electrons. The second kappa shape index (κ2) is 5.15. The number of benzene rings is 1. The van der Waals surface area contributed by atoms with Crippen LogP contribution in [0.15, 0.2) is 28.8 Å². The number of hydrogen-bond donors (Lipinski definition) is 1. The molecule has 0 fully saturated rings. The lowest BCUT2D eigenvalue weighted by atomic mass is 9.85. The highest BCUT2D eigenvalue weighted by Gasteiger charge is 2.29. The molecule has 1 aliphatic rings. The molecule has 0 saturated heterocycles. The summed E-state index contributed by atoms with van der Waals surface area (Å²) in [7, 11) is 0. The number of rotatable bonds is 3. The van der Waals surface area contributed by atoms with Crippen LogP contribution in [0.4, 0.5) is 0 Å². The first-order valence-corrected chi connectivity index (χ1v) is 7.26. The van der Waals surface area contributed by atoms with E-state index < -0.39 is 0 Å². The highest BCUT2D eigenvalue weighted by molar-refractivity contribution is 5.37. The lowest BCUT2D eigenvalue weighted by Crippen LogP contribution is -2.37. The third kappa shape index (κ3) is 2.93. The smallest absolute Gasteiger partial charge is 0.228 e. The molecule has 2 heterocycles. The van der Waals surface area contributed by atoms with Crippen LogP contribution in [0, 0.1) is 5.41 Å². The molecule has 21 heavy (non-hydrogen) atoms. The Hall–Kier alpha value is -1.88. The van der Waals surface area contributed by atoms with E-state index in [1.54, 1.807) is 0 Å². The number of nitrogens with two attached hydrogens (primary N) is 1. The van der Waals surface area contributed by atoms with E-state index in [1.165, 1.54) is 5.56 Å². The van der Waals surface area contributed by atoms with Crippen molar-refractivity contribution in [2.75, 3.05) is 0 Å². The Balaban J connectivity index is 1.70. The van der Waals surface area contributed by atoms with Gasteiger partial charge in [-0.3, -0.25) is 0 Å². The van der Waals surface area contributed by atoms with Gasteiger partial charge in [-0.2, -0.15) is 4.98 Å². The van der Waals surface area contributed by atoms with E-state index in [4.69, 9.17) is 15.0 Å². The molecule has 5 heteroatoms. The fraction of sp³-hybridized carbons (Fsp3) is 0.500. The van der Waals surface area contributed by atoms with Gasteiger partial charge in [-0.25, -0.2) is 0 Å². The Morgan fingerprint density at radius 3 is 2.81 bits per heavy atom. The number of fused-ring (bicyclic) bond motifs is 1. The minimum atomic E-state index is -0.161.